The maximum Gasteiger partial charge on any atom is 0.250 e. The minimum Gasteiger partial charge on any atom is -0.395 e. The highest BCUT2D eigenvalue weighted by atomic mass is 35.5. The second kappa shape index (κ2) is 9.27. The predicted molar refractivity (Wildman–Crippen MR) is 124 cm³/mol. The van der Waals surface area contributed by atoms with Crippen LogP contribution in [0.25, 0.3) is 0 Å². The predicted octanol–water partition coefficient (Wildman–Crippen LogP) is 4.24. The standard InChI is InChI=1S/C23H26Cl2FN3O2/c1-13(2)9-10-29-19(12-30)21(27)20(17(26)6-4-5-14(3)24)23(29)16-8-7-15(25)11-18(16)28-22(23)31/h4-9,11,19-21,30H,3,10,12,27H2,1-2H3,(H,28,31)/b5-4-,17-6-/t19-,20-,21+,23+/m0/s1. The molecule has 31 heavy (non-hydrogen) atoms. The van der Waals surface area contributed by atoms with E-state index in [1.54, 1.807) is 23.1 Å². The number of anilines is 1. The molecule has 4 N–H and O–H groups in total. The number of aliphatic hydroxyl groups is 1. The quantitative estimate of drug-likeness (QED) is 0.433. The number of allylic oxidation sites excluding steroid dienone is 5. The molecule has 0 saturated carbocycles. The molecule has 2 aliphatic rings. The van der Waals surface area contributed by atoms with Crippen molar-refractivity contribution in [1.29, 1.82) is 0 Å². The van der Waals surface area contributed by atoms with Gasteiger partial charge in [-0.15, -0.1) is 0 Å². The molecule has 1 aromatic carbocycles. The van der Waals surface area contributed by atoms with Gasteiger partial charge < -0.3 is 16.2 Å². The minimum atomic E-state index is -1.44. The summed E-state index contributed by atoms with van der Waals surface area (Å²) in [4.78, 5) is 15.3. The normalized spacial score (nSPS) is 28.3. The monoisotopic (exact) mass is 465 g/mol. The van der Waals surface area contributed by atoms with Gasteiger partial charge in [-0.25, -0.2) is 4.39 Å². The first-order valence-corrected chi connectivity index (χ1v) is 10.7. The molecule has 8 heteroatoms. The molecule has 5 nitrogen and oxygen atoms in total. The van der Waals surface area contributed by atoms with Gasteiger partial charge in [-0.3, -0.25) is 9.69 Å². The zero-order valence-corrected chi connectivity index (χ0v) is 18.9. The number of carbonyl (C=O) groups is 1. The van der Waals surface area contributed by atoms with E-state index in [2.05, 4.69) is 11.9 Å². The van der Waals surface area contributed by atoms with Crippen LogP contribution in [0, 0.1) is 5.92 Å². The van der Waals surface area contributed by atoms with Gasteiger partial charge in [0, 0.05) is 33.9 Å². The van der Waals surface area contributed by atoms with E-state index in [0.29, 0.717) is 22.8 Å². The van der Waals surface area contributed by atoms with Crippen LogP contribution in [0.2, 0.25) is 5.02 Å². The van der Waals surface area contributed by atoms with Crippen molar-refractivity contribution >= 4 is 34.8 Å². The van der Waals surface area contributed by atoms with Crippen LogP contribution in [0.5, 0.6) is 0 Å². The molecule has 2 heterocycles. The van der Waals surface area contributed by atoms with Gasteiger partial charge in [-0.2, -0.15) is 0 Å². The van der Waals surface area contributed by atoms with Crippen LogP contribution in [0.15, 0.2) is 65.5 Å². The first-order chi connectivity index (χ1) is 14.6. The van der Waals surface area contributed by atoms with Gasteiger partial charge in [0.25, 0.3) is 0 Å². The summed E-state index contributed by atoms with van der Waals surface area (Å²) >= 11 is 11.9. The van der Waals surface area contributed by atoms with Crippen LogP contribution in [0.1, 0.15) is 19.4 Å². The molecule has 1 spiro atoms. The third-order valence-electron chi connectivity index (χ3n) is 5.83. The Hall–Kier alpha value is -1.96. The largest absolute Gasteiger partial charge is 0.395 e. The van der Waals surface area contributed by atoms with Gasteiger partial charge in [-0.05, 0) is 38.1 Å². The summed E-state index contributed by atoms with van der Waals surface area (Å²) in [5.41, 5.74) is 7.16. The Balaban J connectivity index is 2.25. The number of rotatable bonds is 6. The van der Waals surface area contributed by atoms with Gasteiger partial charge in [0.1, 0.15) is 11.4 Å². The Bertz CT molecular complexity index is 987. The molecule has 4 atom stereocenters. The average molecular weight is 466 g/mol. The molecule has 0 aromatic heterocycles. The zero-order valence-electron chi connectivity index (χ0n) is 17.4. The van der Waals surface area contributed by atoms with E-state index in [0.717, 1.165) is 5.57 Å². The van der Waals surface area contributed by atoms with E-state index in [1.807, 2.05) is 19.9 Å². The molecule has 1 fully saturated rings. The molecule has 1 aromatic rings. The zero-order chi connectivity index (χ0) is 22.9. The van der Waals surface area contributed by atoms with Crippen LogP contribution in [-0.2, 0) is 10.3 Å². The molecule has 0 unspecified atom stereocenters. The number of amides is 1. The van der Waals surface area contributed by atoms with Gasteiger partial charge >= 0.3 is 0 Å². The van der Waals surface area contributed by atoms with E-state index in [9.17, 15) is 9.90 Å². The third kappa shape index (κ3) is 4.11. The first-order valence-electron chi connectivity index (χ1n) is 9.90. The smallest absolute Gasteiger partial charge is 0.250 e. The van der Waals surface area contributed by atoms with Crippen LogP contribution in [-0.4, -0.2) is 41.1 Å². The summed E-state index contributed by atoms with van der Waals surface area (Å²) in [6.07, 6.45) is 6.04. The Morgan fingerprint density at radius 2 is 2.16 bits per heavy atom. The summed E-state index contributed by atoms with van der Waals surface area (Å²) < 4.78 is 15.7. The highest BCUT2D eigenvalue weighted by molar-refractivity contribution is 6.31. The summed E-state index contributed by atoms with van der Waals surface area (Å²) in [5.74, 6) is -2.03. The molecule has 166 valence electrons. The number of benzene rings is 1. The van der Waals surface area contributed by atoms with Gasteiger partial charge in [0.2, 0.25) is 5.91 Å². The lowest BCUT2D eigenvalue weighted by Gasteiger charge is -2.38. The molecule has 1 amide bonds. The second-order valence-electron chi connectivity index (χ2n) is 8.01. The number of carbonyl (C=O) groups excluding carboxylic acids is 1. The highest BCUT2D eigenvalue weighted by Crippen LogP contribution is 2.55. The topological polar surface area (TPSA) is 78.6 Å². The molecular formula is C23H26Cl2FN3O2. The SMILES string of the molecule is C=C(Cl)/C=C\C=C(/F)[C@H]1[C@H](N)[C@H](CO)N(CC=C(C)C)[C@@]12C(=O)Nc1cc(Cl)ccc12. The van der Waals surface area contributed by atoms with Crippen molar-refractivity contribution in [3.8, 4) is 0 Å². The Morgan fingerprint density at radius 3 is 2.77 bits per heavy atom. The number of nitrogens with one attached hydrogen (secondary N) is 1. The van der Waals surface area contributed by atoms with Crippen molar-refractivity contribution in [1.82, 2.24) is 4.90 Å². The Labute approximate surface area is 191 Å². The van der Waals surface area contributed by atoms with Crippen molar-refractivity contribution in [2.24, 2.45) is 11.7 Å². The van der Waals surface area contributed by atoms with E-state index in [1.165, 1.54) is 18.2 Å². The lowest BCUT2D eigenvalue weighted by Crippen LogP contribution is -2.53. The Kier molecular flexibility index (Phi) is 7.08. The second-order valence-corrected chi connectivity index (χ2v) is 8.93. The van der Waals surface area contributed by atoms with E-state index < -0.39 is 35.3 Å². The molecule has 3 rings (SSSR count). The fourth-order valence-electron chi connectivity index (χ4n) is 4.55. The number of hydrogen-bond donors (Lipinski definition) is 3. The number of nitrogens with two attached hydrogens (primary N) is 1. The molecule has 0 bridgehead atoms. The van der Waals surface area contributed by atoms with Crippen molar-refractivity contribution in [3.63, 3.8) is 0 Å². The minimum absolute atomic E-state index is 0.242. The van der Waals surface area contributed by atoms with Crippen molar-refractivity contribution in [2.45, 2.75) is 31.5 Å². The van der Waals surface area contributed by atoms with E-state index >= 15 is 4.39 Å². The number of hydrogen-bond acceptors (Lipinski definition) is 4. The lowest BCUT2D eigenvalue weighted by atomic mass is 9.76. The van der Waals surface area contributed by atoms with Crippen LogP contribution in [0.4, 0.5) is 10.1 Å². The average Bonchev–Trinajstić information content (AvgIpc) is 3.10. The van der Waals surface area contributed by atoms with Crippen molar-refractivity contribution in [2.75, 3.05) is 18.5 Å². The van der Waals surface area contributed by atoms with Gasteiger partial charge in [-0.1, -0.05) is 53.6 Å². The summed E-state index contributed by atoms with van der Waals surface area (Å²) in [6, 6.07) is 3.53. The van der Waals surface area contributed by atoms with Gasteiger partial charge in [0.15, 0.2) is 0 Å². The Morgan fingerprint density at radius 1 is 1.45 bits per heavy atom. The molecule has 1 saturated heterocycles. The fraction of sp³-hybridized carbons (Fsp3) is 0.348. The molecule has 0 aliphatic carbocycles. The van der Waals surface area contributed by atoms with Crippen LogP contribution < -0.4 is 11.1 Å². The van der Waals surface area contributed by atoms with Crippen LogP contribution in [0.3, 0.4) is 0 Å². The molecular weight excluding hydrogens is 440 g/mol. The molecule has 2 aliphatic heterocycles. The van der Waals surface area contributed by atoms with Gasteiger partial charge in [0.05, 0.1) is 18.6 Å². The number of fused-ring (bicyclic) bond motifs is 2. The molecule has 0 radical (unpaired) electrons. The summed E-state index contributed by atoms with van der Waals surface area (Å²) in [6.45, 7) is 7.39. The van der Waals surface area contributed by atoms with E-state index in [-0.39, 0.29) is 11.6 Å². The van der Waals surface area contributed by atoms with E-state index in [4.69, 9.17) is 28.9 Å². The number of nitrogens with zero attached hydrogens (tertiary/aromatic N) is 1. The van der Waals surface area contributed by atoms with Crippen molar-refractivity contribution < 1.29 is 14.3 Å². The lowest BCUT2D eigenvalue weighted by molar-refractivity contribution is -0.128. The van der Waals surface area contributed by atoms with Crippen molar-refractivity contribution in [3.05, 3.63) is 76.1 Å². The maximum absolute atomic E-state index is 15.7. The number of halogens is 3. The third-order valence-corrected chi connectivity index (χ3v) is 6.19. The summed E-state index contributed by atoms with van der Waals surface area (Å²) in [7, 11) is 0. The van der Waals surface area contributed by atoms with Crippen LogP contribution >= 0.6 is 23.2 Å². The fourth-order valence-corrected chi connectivity index (χ4v) is 4.79. The summed E-state index contributed by atoms with van der Waals surface area (Å²) in [5, 5.41) is 13.7. The first kappa shape index (κ1) is 23.7. The highest BCUT2D eigenvalue weighted by Gasteiger charge is 2.66. The maximum atomic E-state index is 15.7. The number of likely N-dealkylation sites (tertiary alicyclic amines) is 1. The number of aliphatic hydroxyl groups excluding tert-OH is 1.